The molecule has 0 bridgehead atoms. The number of nitrogens with one attached hydrogen (secondary N) is 1. The highest BCUT2D eigenvalue weighted by Crippen LogP contribution is 2.37. The number of aliphatic carboxylic acids is 1. The molecule has 0 spiro atoms. The molecule has 5 aromatic rings. The highest BCUT2D eigenvalue weighted by Gasteiger charge is 2.31. The van der Waals surface area contributed by atoms with Crippen LogP contribution in [-0.4, -0.2) is 65.4 Å². The van der Waals surface area contributed by atoms with Crippen molar-refractivity contribution in [1.82, 2.24) is 19.6 Å². The Kier molecular flexibility index (Phi) is 12.8. The van der Waals surface area contributed by atoms with E-state index in [1.165, 1.54) is 38.5 Å². The summed E-state index contributed by atoms with van der Waals surface area (Å²) in [4.78, 5) is 30.8. The minimum Gasteiger partial charge on any atom is -0.481 e. The lowest BCUT2D eigenvalue weighted by atomic mass is 10.2. The zero-order valence-electron chi connectivity index (χ0n) is 27.3. The minimum absolute atomic E-state index is 0.0111. The Morgan fingerprint density at radius 1 is 0.925 bits per heavy atom. The first-order valence-electron chi connectivity index (χ1n) is 14.4. The Labute approximate surface area is 318 Å². The molecule has 0 saturated heterocycles. The van der Waals surface area contributed by atoms with Gasteiger partial charge in [-0.2, -0.15) is 36.1 Å². The van der Waals surface area contributed by atoms with Crippen molar-refractivity contribution in [2.24, 2.45) is 0 Å². The lowest BCUT2D eigenvalue weighted by Gasteiger charge is -2.13. The molecule has 0 saturated carbocycles. The van der Waals surface area contributed by atoms with Gasteiger partial charge in [-0.1, -0.05) is 52.5 Å². The molecular formula is C31H24Cl4F3N5O9S. The number of esters is 1. The third-order valence-corrected chi connectivity index (χ3v) is 9.25. The lowest BCUT2D eigenvalue weighted by Crippen LogP contribution is -2.23. The second kappa shape index (κ2) is 16.5. The number of carboxylic acids is 1. The molecule has 0 aliphatic carbocycles. The van der Waals surface area contributed by atoms with Gasteiger partial charge in [-0.25, -0.2) is 9.59 Å². The second-order valence-corrected chi connectivity index (χ2v) is 13.6. The van der Waals surface area contributed by atoms with Crippen molar-refractivity contribution in [3.05, 3.63) is 91.4 Å². The number of ether oxygens (including phenoxy) is 4. The molecule has 0 fully saturated rings. The number of hydrogen-bond donors (Lipinski definition) is 2. The normalized spacial score (nSPS) is 12.0. The van der Waals surface area contributed by atoms with Gasteiger partial charge in [0.1, 0.15) is 11.5 Å². The first kappa shape index (κ1) is 41.0. The summed E-state index contributed by atoms with van der Waals surface area (Å²) in [6, 6.07) is 11.0. The number of hydrogen-bond acceptors (Lipinski definition) is 11. The van der Waals surface area contributed by atoms with E-state index in [-0.39, 0.29) is 60.4 Å². The fourth-order valence-electron chi connectivity index (χ4n) is 3.98. The van der Waals surface area contributed by atoms with E-state index in [0.29, 0.717) is 11.6 Å². The number of fused-ring (bicyclic) bond motifs is 1. The summed E-state index contributed by atoms with van der Waals surface area (Å²) in [5.41, 5.74) is -0.414. The number of nitrogens with zero attached hydrogens (tertiary/aromatic N) is 4. The van der Waals surface area contributed by atoms with Crippen molar-refractivity contribution in [1.29, 1.82) is 0 Å². The van der Waals surface area contributed by atoms with E-state index in [1.807, 2.05) is 0 Å². The number of aryl methyl sites for hydroxylation is 1. The van der Waals surface area contributed by atoms with E-state index in [0.717, 1.165) is 29.6 Å². The Morgan fingerprint density at radius 2 is 1.60 bits per heavy atom. The quantitative estimate of drug-likeness (QED) is 0.130. The molecule has 0 unspecified atom stereocenters. The van der Waals surface area contributed by atoms with Gasteiger partial charge in [-0.05, 0) is 61.9 Å². The molecule has 2 aromatic heterocycles. The molecular weight excluding hydrogens is 817 g/mol. The smallest absolute Gasteiger partial charge is 0.416 e. The SMILES string of the molecule is COc1cc(OC)n2nc(S(=O)(=O)Nc3c(Cl)ccc(C)c3Cl)nc2n1.C[C@H](OC(=O)c1cc(Oc2ccc(C(F)(F)F)cc2Cl)ccc1Cl)C(=O)O. The number of sulfonamides is 1. The first-order valence-corrected chi connectivity index (χ1v) is 17.4. The zero-order chi connectivity index (χ0) is 39.4. The molecule has 3 aromatic carbocycles. The van der Waals surface area contributed by atoms with Crippen LogP contribution in [0.25, 0.3) is 5.78 Å². The lowest BCUT2D eigenvalue weighted by molar-refractivity contribution is -0.146. The number of alkyl halides is 3. The molecule has 0 aliphatic rings. The number of carbonyl (C=O) groups is 2. The number of halogens is 7. The third kappa shape index (κ3) is 9.82. The number of aromatic nitrogens is 4. The number of rotatable bonds is 10. The molecule has 2 heterocycles. The van der Waals surface area contributed by atoms with Crippen LogP contribution in [0, 0.1) is 6.92 Å². The van der Waals surface area contributed by atoms with Gasteiger partial charge in [0, 0.05) is 0 Å². The van der Waals surface area contributed by atoms with Gasteiger partial charge < -0.3 is 24.1 Å². The Hall–Kier alpha value is -4.75. The predicted octanol–water partition coefficient (Wildman–Crippen LogP) is 7.99. The summed E-state index contributed by atoms with van der Waals surface area (Å²) in [7, 11) is -1.37. The van der Waals surface area contributed by atoms with Crippen LogP contribution in [0.2, 0.25) is 20.1 Å². The van der Waals surface area contributed by atoms with Crippen LogP contribution in [0.3, 0.4) is 0 Å². The fraction of sp³-hybridized carbons (Fsp3) is 0.194. The number of carboxylic acid groups (broad SMARTS) is 1. The number of anilines is 1. The highest BCUT2D eigenvalue weighted by atomic mass is 35.5. The van der Waals surface area contributed by atoms with Crippen LogP contribution in [0.5, 0.6) is 23.3 Å². The maximum Gasteiger partial charge on any atom is 0.416 e. The molecule has 5 rings (SSSR count). The van der Waals surface area contributed by atoms with Crippen LogP contribution >= 0.6 is 46.4 Å². The summed E-state index contributed by atoms with van der Waals surface area (Å²) in [5.74, 6) is -2.00. The van der Waals surface area contributed by atoms with E-state index in [2.05, 4.69) is 19.8 Å². The number of methoxy groups -OCH3 is 2. The molecule has 22 heteroatoms. The summed E-state index contributed by atoms with van der Waals surface area (Å²) in [6.07, 6.45) is -5.96. The standard InChI is InChI=1S/C17H11Cl2F3O5.C14H13Cl2N5O4S/c1-8(15(23)24)26-16(25)11-7-10(3-4-12(11)18)27-14-5-2-9(6-13(14)19)17(20,21)22;1-7-4-5-8(15)12(11(7)16)20-26(22,23)14-18-13-17-9(24-2)6-10(25-3)21(13)19-14/h2-8H,1H3,(H,23,24);4-6,20H,1-3H3/t8-;/m0./s1. The summed E-state index contributed by atoms with van der Waals surface area (Å²) in [6.45, 7) is 2.89. The Morgan fingerprint density at radius 3 is 2.21 bits per heavy atom. The number of benzene rings is 3. The summed E-state index contributed by atoms with van der Waals surface area (Å²) >= 11 is 23.9. The summed E-state index contributed by atoms with van der Waals surface area (Å²) < 4.78 is 87.1. The second-order valence-electron chi connectivity index (χ2n) is 10.4. The topological polar surface area (TPSA) is 181 Å². The third-order valence-electron chi connectivity index (χ3n) is 6.69. The van der Waals surface area contributed by atoms with Gasteiger partial charge in [0.05, 0.1) is 57.2 Å². The van der Waals surface area contributed by atoms with E-state index in [1.54, 1.807) is 13.0 Å². The molecule has 14 nitrogen and oxygen atoms in total. The molecule has 0 amide bonds. The molecule has 1 atom stereocenters. The van der Waals surface area contributed by atoms with Gasteiger partial charge in [0.25, 0.3) is 21.0 Å². The maximum atomic E-state index is 12.7. The van der Waals surface area contributed by atoms with E-state index >= 15 is 0 Å². The monoisotopic (exact) mass is 839 g/mol. The van der Waals surface area contributed by atoms with Crippen LogP contribution in [0.4, 0.5) is 18.9 Å². The molecule has 2 N–H and O–H groups in total. The maximum absolute atomic E-state index is 12.7. The van der Waals surface area contributed by atoms with Crippen molar-refractivity contribution in [2.45, 2.75) is 31.3 Å². The zero-order valence-corrected chi connectivity index (χ0v) is 31.2. The van der Waals surface area contributed by atoms with E-state index < -0.39 is 45.0 Å². The summed E-state index contributed by atoms with van der Waals surface area (Å²) in [5, 5.41) is 12.2. The average molecular weight is 841 g/mol. The Balaban J connectivity index is 0.000000237. The number of carbonyl (C=O) groups excluding carboxylic acids is 1. The van der Waals surface area contributed by atoms with Gasteiger partial charge in [-0.3, -0.25) is 4.72 Å². The van der Waals surface area contributed by atoms with Crippen LogP contribution in [0.15, 0.2) is 59.8 Å². The molecule has 53 heavy (non-hydrogen) atoms. The Bertz CT molecular complexity index is 2310. The van der Waals surface area contributed by atoms with Crippen LogP contribution in [0.1, 0.15) is 28.4 Å². The molecule has 0 aliphatic heterocycles. The van der Waals surface area contributed by atoms with Crippen molar-refractivity contribution >= 4 is 79.8 Å². The van der Waals surface area contributed by atoms with Crippen molar-refractivity contribution in [3.63, 3.8) is 0 Å². The van der Waals surface area contributed by atoms with Crippen LogP contribution in [-0.2, 0) is 25.7 Å². The van der Waals surface area contributed by atoms with Crippen LogP contribution < -0.4 is 18.9 Å². The predicted molar refractivity (Wildman–Crippen MR) is 186 cm³/mol. The van der Waals surface area contributed by atoms with E-state index in [4.69, 9.17) is 70.5 Å². The van der Waals surface area contributed by atoms with Crippen molar-refractivity contribution in [2.75, 3.05) is 18.9 Å². The molecule has 0 radical (unpaired) electrons. The highest BCUT2D eigenvalue weighted by molar-refractivity contribution is 7.92. The van der Waals surface area contributed by atoms with Crippen molar-refractivity contribution in [3.8, 4) is 23.3 Å². The molecule has 282 valence electrons. The first-order chi connectivity index (χ1) is 24.7. The van der Waals surface area contributed by atoms with E-state index in [9.17, 15) is 31.2 Å². The van der Waals surface area contributed by atoms with Gasteiger partial charge in [0.2, 0.25) is 11.8 Å². The van der Waals surface area contributed by atoms with Gasteiger partial charge >= 0.3 is 18.1 Å². The van der Waals surface area contributed by atoms with Gasteiger partial charge in [-0.15, -0.1) is 5.10 Å². The van der Waals surface area contributed by atoms with Gasteiger partial charge in [0.15, 0.2) is 6.10 Å². The average Bonchev–Trinajstić information content (AvgIpc) is 3.55. The van der Waals surface area contributed by atoms with Crippen molar-refractivity contribution < 1.29 is 55.2 Å². The largest absolute Gasteiger partial charge is 0.481 e. The minimum atomic E-state index is -4.56. The fourth-order valence-corrected chi connectivity index (χ4v) is 5.94.